The monoisotopic (exact) mass is 512 g/mol. The molecular formula is C27H26Cl2N2O4. The Morgan fingerprint density at radius 1 is 0.943 bits per heavy atom. The van der Waals surface area contributed by atoms with Crippen LogP contribution in [0.15, 0.2) is 66.7 Å². The van der Waals surface area contributed by atoms with Crippen LogP contribution in [0, 0.1) is 0 Å². The highest BCUT2D eigenvalue weighted by molar-refractivity contribution is 6.33. The van der Waals surface area contributed by atoms with Gasteiger partial charge < -0.3 is 19.7 Å². The van der Waals surface area contributed by atoms with Gasteiger partial charge in [-0.05, 0) is 54.4 Å². The van der Waals surface area contributed by atoms with Gasteiger partial charge in [0.05, 0.1) is 24.8 Å². The number of carbonyl (C=O) groups is 2. The summed E-state index contributed by atoms with van der Waals surface area (Å²) in [7, 11) is 3.09. The van der Waals surface area contributed by atoms with Crippen LogP contribution in [0.5, 0.6) is 11.5 Å². The van der Waals surface area contributed by atoms with E-state index in [2.05, 4.69) is 5.32 Å². The molecule has 1 aliphatic rings. The summed E-state index contributed by atoms with van der Waals surface area (Å²) in [5, 5.41) is 4.13. The first kappa shape index (κ1) is 24.9. The van der Waals surface area contributed by atoms with Crippen LogP contribution in [0.3, 0.4) is 0 Å². The molecule has 0 aliphatic carbocycles. The lowest BCUT2D eigenvalue weighted by molar-refractivity contribution is 0.0671. The zero-order valence-electron chi connectivity index (χ0n) is 19.5. The Balaban J connectivity index is 1.59. The first-order valence-corrected chi connectivity index (χ1v) is 12.0. The lowest BCUT2D eigenvalue weighted by atomic mass is 9.85. The molecule has 182 valence electrons. The Bertz CT molecular complexity index is 1230. The second kappa shape index (κ2) is 11.0. The number of halogens is 2. The standard InChI is InChI=1S/C27H26Cl2N2O4/c1-34-24-11-10-18(15-25(24)35-2)27(33)31-13-12-23(21(16-31)17-6-5-7-19(28)14-17)30-26(32)20-8-3-4-9-22(20)29/h3-11,14-15,21,23H,12-13,16H2,1-2H3,(H,30,32)/t21-,23+/m0/s1. The second-order valence-electron chi connectivity index (χ2n) is 8.33. The summed E-state index contributed by atoms with van der Waals surface area (Å²) in [6.07, 6.45) is 0.576. The first-order valence-electron chi connectivity index (χ1n) is 11.2. The van der Waals surface area contributed by atoms with E-state index in [9.17, 15) is 9.59 Å². The van der Waals surface area contributed by atoms with Gasteiger partial charge in [-0.25, -0.2) is 0 Å². The number of piperidine rings is 1. The molecule has 1 saturated heterocycles. The molecule has 0 unspecified atom stereocenters. The van der Waals surface area contributed by atoms with Gasteiger partial charge in [-0.2, -0.15) is 0 Å². The number of benzene rings is 3. The normalized spacial score (nSPS) is 17.5. The van der Waals surface area contributed by atoms with Crippen molar-refractivity contribution in [1.29, 1.82) is 0 Å². The van der Waals surface area contributed by atoms with Gasteiger partial charge in [0.25, 0.3) is 11.8 Å². The third kappa shape index (κ3) is 5.55. The smallest absolute Gasteiger partial charge is 0.254 e. The summed E-state index contributed by atoms with van der Waals surface area (Å²) in [6, 6.07) is 19.4. The van der Waals surface area contributed by atoms with Crippen molar-refractivity contribution in [3.63, 3.8) is 0 Å². The number of nitrogens with one attached hydrogen (secondary N) is 1. The van der Waals surface area contributed by atoms with Gasteiger partial charge in [-0.1, -0.05) is 47.5 Å². The van der Waals surface area contributed by atoms with Crippen LogP contribution in [0.25, 0.3) is 0 Å². The summed E-state index contributed by atoms with van der Waals surface area (Å²) in [4.78, 5) is 28.2. The van der Waals surface area contributed by atoms with Gasteiger partial charge in [0, 0.05) is 35.6 Å². The van der Waals surface area contributed by atoms with Crippen LogP contribution in [0.2, 0.25) is 10.0 Å². The fourth-order valence-corrected chi connectivity index (χ4v) is 4.85. The van der Waals surface area contributed by atoms with Gasteiger partial charge >= 0.3 is 0 Å². The number of nitrogens with zero attached hydrogens (tertiary/aromatic N) is 1. The number of amides is 2. The van der Waals surface area contributed by atoms with Gasteiger partial charge in [-0.3, -0.25) is 9.59 Å². The topological polar surface area (TPSA) is 67.9 Å². The first-order chi connectivity index (χ1) is 16.9. The number of likely N-dealkylation sites (tertiary alicyclic amines) is 1. The van der Waals surface area contributed by atoms with E-state index in [1.807, 2.05) is 18.2 Å². The van der Waals surface area contributed by atoms with Crippen LogP contribution < -0.4 is 14.8 Å². The zero-order valence-corrected chi connectivity index (χ0v) is 21.0. The summed E-state index contributed by atoms with van der Waals surface area (Å²) in [5.41, 5.74) is 1.88. The van der Waals surface area contributed by atoms with Gasteiger partial charge in [-0.15, -0.1) is 0 Å². The van der Waals surface area contributed by atoms with Crippen LogP contribution in [-0.2, 0) is 0 Å². The van der Waals surface area contributed by atoms with Crippen molar-refractivity contribution >= 4 is 35.0 Å². The molecular weight excluding hydrogens is 487 g/mol. The molecule has 8 heteroatoms. The van der Waals surface area contributed by atoms with E-state index in [1.165, 1.54) is 7.11 Å². The molecule has 1 heterocycles. The lowest BCUT2D eigenvalue weighted by Gasteiger charge is -2.39. The minimum absolute atomic E-state index is 0.117. The molecule has 3 aromatic rings. The molecule has 4 rings (SSSR count). The SMILES string of the molecule is COc1ccc(C(=O)N2CC[C@@H](NC(=O)c3ccccc3Cl)[C@H](c3cccc(Cl)c3)C2)cc1OC. The van der Waals surface area contributed by atoms with E-state index in [4.69, 9.17) is 32.7 Å². The molecule has 0 aromatic heterocycles. The number of rotatable bonds is 6. The Morgan fingerprint density at radius 3 is 2.43 bits per heavy atom. The van der Waals surface area contributed by atoms with E-state index in [0.29, 0.717) is 52.2 Å². The third-order valence-electron chi connectivity index (χ3n) is 6.24. The largest absolute Gasteiger partial charge is 0.493 e. The molecule has 35 heavy (non-hydrogen) atoms. The average molecular weight is 513 g/mol. The van der Waals surface area contributed by atoms with Crippen molar-refractivity contribution in [3.05, 3.63) is 93.5 Å². The Labute approximate surface area is 214 Å². The Morgan fingerprint density at radius 2 is 1.71 bits per heavy atom. The summed E-state index contributed by atoms with van der Waals surface area (Å²) in [5.74, 6) is 0.535. The highest BCUT2D eigenvalue weighted by Crippen LogP contribution is 2.32. The Kier molecular flexibility index (Phi) is 7.83. The maximum atomic E-state index is 13.4. The molecule has 1 fully saturated rings. The molecule has 0 radical (unpaired) electrons. The van der Waals surface area contributed by atoms with Crippen molar-refractivity contribution in [3.8, 4) is 11.5 Å². The third-order valence-corrected chi connectivity index (χ3v) is 6.81. The molecule has 2 atom stereocenters. The van der Waals surface area contributed by atoms with Crippen molar-refractivity contribution in [2.75, 3.05) is 27.3 Å². The van der Waals surface area contributed by atoms with Gasteiger partial charge in [0.1, 0.15) is 0 Å². The molecule has 0 bridgehead atoms. The van der Waals surface area contributed by atoms with E-state index >= 15 is 0 Å². The molecule has 1 N–H and O–H groups in total. The number of methoxy groups -OCH3 is 2. The van der Waals surface area contributed by atoms with E-state index in [-0.39, 0.29) is 23.8 Å². The zero-order chi connectivity index (χ0) is 24.9. The lowest BCUT2D eigenvalue weighted by Crippen LogP contribution is -2.51. The number of ether oxygens (including phenoxy) is 2. The predicted octanol–water partition coefficient (Wildman–Crippen LogP) is 5.44. The molecule has 3 aromatic carbocycles. The maximum absolute atomic E-state index is 13.4. The fraction of sp³-hybridized carbons (Fsp3) is 0.259. The second-order valence-corrected chi connectivity index (χ2v) is 9.17. The quantitative estimate of drug-likeness (QED) is 0.477. The number of carbonyl (C=O) groups excluding carboxylic acids is 2. The average Bonchev–Trinajstić information content (AvgIpc) is 2.88. The van der Waals surface area contributed by atoms with Crippen molar-refractivity contribution < 1.29 is 19.1 Å². The fourth-order valence-electron chi connectivity index (χ4n) is 4.43. The van der Waals surface area contributed by atoms with Crippen LogP contribution in [0.1, 0.15) is 38.6 Å². The van der Waals surface area contributed by atoms with Gasteiger partial charge in [0.2, 0.25) is 0 Å². The van der Waals surface area contributed by atoms with Gasteiger partial charge in [0.15, 0.2) is 11.5 Å². The van der Waals surface area contributed by atoms with E-state index < -0.39 is 0 Å². The minimum atomic E-state index is -0.243. The summed E-state index contributed by atoms with van der Waals surface area (Å²) in [6.45, 7) is 0.901. The van der Waals surface area contributed by atoms with Crippen LogP contribution in [-0.4, -0.2) is 50.1 Å². The number of hydrogen-bond donors (Lipinski definition) is 1. The molecule has 1 aliphatic heterocycles. The van der Waals surface area contributed by atoms with Crippen molar-refractivity contribution in [1.82, 2.24) is 10.2 Å². The van der Waals surface area contributed by atoms with Crippen molar-refractivity contribution in [2.45, 2.75) is 18.4 Å². The summed E-state index contributed by atoms with van der Waals surface area (Å²) >= 11 is 12.5. The van der Waals surface area contributed by atoms with Crippen LogP contribution in [0.4, 0.5) is 0 Å². The highest BCUT2D eigenvalue weighted by atomic mass is 35.5. The predicted molar refractivity (Wildman–Crippen MR) is 137 cm³/mol. The maximum Gasteiger partial charge on any atom is 0.254 e. The number of hydrogen-bond acceptors (Lipinski definition) is 4. The van der Waals surface area contributed by atoms with E-state index in [0.717, 1.165) is 5.56 Å². The van der Waals surface area contributed by atoms with Crippen LogP contribution >= 0.6 is 23.2 Å². The summed E-state index contributed by atoms with van der Waals surface area (Å²) < 4.78 is 10.6. The highest BCUT2D eigenvalue weighted by Gasteiger charge is 2.34. The molecule has 0 spiro atoms. The molecule has 2 amide bonds. The Hall–Kier alpha value is -3.22. The molecule has 6 nitrogen and oxygen atoms in total. The van der Waals surface area contributed by atoms with E-state index in [1.54, 1.807) is 60.5 Å². The minimum Gasteiger partial charge on any atom is -0.493 e. The van der Waals surface area contributed by atoms with Crippen molar-refractivity contribution in [2.24, 2.45) is 0 Å². The molecule has 0 saturated carbocycles.